The Kier molecular flexibility index (Phi) is 6.87. The van der Waals surface area contributed by atoms with Crippen LogP contribution in [0.2, 0.25) is 0 Å². The van der Waals surface area contributed by atoms with Crippen molar-refractivity contribution < 1.29 is 0 Å². The summed E-state index contributed by atoms with van der Waals surface area (Å²) in [6.45, 7) is 16.7. The van der Waals surface area contributed by atoms with Crippen LogP contribution in [0.3, 0.4) is 0 Å². The predicted octanol–water partition coefficient (Wildman–Crippen LogP) is 6.76. The summed E-state index contributed by atoms with van der Waals surface area (Å²) in [7, 11) is 0. The Labute approximate surface area is 182 Å². The van der Waals surface area contributed by atoms with Gasteiger partial charge in [-0.15, -0.1) is 0 Å². The highest BCUT2D eigenvalue weighted by atomic mass is 14.8. The van der Waals surface area contributed by atoms with Gasteiger partial charge < -0.3 is 11.5 Å². The third kappa shape index (κ3) is 3.53. The minimum atomic E-state index is 0.354. The summed E-state index contributed by atoms with van der Waals surface area (Å²) in [6, 6.07) is 0.787. The van der Waals surface area contributed by atoms with Crippen LogP contribution in [0.25, 0.3) is 0 Å². The molecular formula is C27H52N2. The molecule has 0 radical (unpaired) electrons. The van der Waals surface area contributed by atoms with E-state index in [0.717, 1.165) is 29.6 Å². The van der Waals surface area contributed by atoms with Crippen LogP contribution < -0.4 is 11.5 Å². The van der Waals surface area contributed by atoms with Crippen molar-refractivity contribution in [3.05, 3.63) is 0 Å². The molecule has 2 heteroatoms. The molecule has 0 aromatic rings. The second kappa shape index (κ2) is 8.45. The lowest BCUT2D eigenvalue weighted by Crippen LogP contribution is -2.64. The Morgan fingerprint density at radius 1 is 0.897 bits per heavy atom. The summed E-state index contributed by atoms with van der Waals surface area (Å²) in [6.07, 6.45) is 13.5. The quantitative estimate of drug-likeness (QED) is 0.546. The van der Waals surface area contributed by atoms with Gasteiger partial charge in [-0.2, -0.15) is 0 Å². The van der Waals surface area contributed by atoms with E-state index >= 15 is 0 Å². The Balaban J connectivity index is 0.00000117. The third-order valence-corrected chi connectivity index (χ3v) is 11.0. The standard InChI is InChI=1S/C25H46N2.C2H6/c1-6-7-16(2)18-8-9-19-22-20(11-12-24(18,19)4)25(5)13-10-17(26)14-23(25,3)15-21(22)27;1-2/h16-22H,6-15,26-27H2,1-5H3;1-2H3. The van der Waals surface area contributed by atoms with Crippen LogP contribution in [0.4, 0.5) is 0 Å². The largest absolute Gasteiger partial charge is 0.328 e. The van der Waals surface area contributed by atoms with Crippen molar-refractivity contribution in [2.75, 3.05) is 0 Å². The minimum Gasteiger partial charge on any atom is -0.328 e. The highest BCUT2D eigenvalue weighted by molar-refractivity contribution is 5.15. The van der Waals surface area contributed by atoms with Gasteiger partial charge in [0.05, 0.1) is 0 Å². The number of hydrogen-bond donors (Lipinski definition) is 2. The van der Waals surface area contributed by atoms with Crippen molar-refractivity contribution in [3.8, 4) is 0 Å². The zero-order chi connectivity index (χ0) is 21.6. The van der Waals surface area contributed by atoms with Crippen molar-refractivity contribution in [3.63, 3.8) is 0 Å². The Morgan fingerprint density at radius 3 is 2.24 bits per heavy atom. The van der Waals surface area contributed by atoms with Crippen LogP contribution in [-0.2, 0) is 0 Å². The first-order valence-electron chi connectivity index (χ1n) is 13.2. The summed E-state index contributed by atoms with van der Waals surface area (Å²) in [5.41, 5.74) is 14.8. The molecule has 10 atom stereocenters. The van der Waals surface area contributed by atoms with Gasteiger partial charge in [-0.25, -0.2) is 0 Å². The average molecular weight is 405 g/mol. The van der Waals surface area contributed by atoms with Crippen molar-refractivity contribution in [1.82, 2.24) is 0 Å². The van der Waals surface area contributed by atoms with E-state index in [-0.39, 0.29) is 0 Å². The van der Waals surface area contributed by atoms with Gasteiger partial charge in [-0.05, 0) is 97.2 Å². The monoisotopic (exact) mass is 404 g/mol. The third-order valence-electron chi connectivity index (χ3n) is 11.0. The summed E-state index contributed by atoms with van der Waals surface area (Å²) >= 11 is 0. The van der Waals surface area contributed by atoms with E-state index in [1.165, 1.54) is 64.2 Å². The van der Waals surface area contributed by atoms with Crippen LogP contribution in [0.15, 0.2) is 0 Å². The lowest BCUT2D eigenvalue weighted by Gasteiger charge is -2.67. The molecule has 0 aromatic carbocycles. The molecule has 4 saturated carbocycles. The van der Waals surface area contributed by atoms with Gasteiger partial charge in [0.2, 0.25) is 0 Å². The van der Waals surface area contributed by atoms with Gasteiger partial charge >= 0.3 is 0 Å². The van der Waals surface area contributed by atoms with Crippen LogP contribution >= 0.6 is 0 Å². The van der Waals surface area contributed by atoms with Crippen LogP contribution in [0.5, 0.6) is 0 Å². The van der Waals surface area contributed by atoms with Crippen molar-refractivity contribution in [1.29, 1.82) is 0 Å². The van der Waals surface area contributed by atoms with Crippen LogP contribution in [0.1, 0.15) is 113 Å². The molecule has 29 heavy (non-hydrogen) atoms. The van der Waals surface area contributed by atoms with E-state index in [9.17, 15) is 0 Å². The Bertz CT molecular complexity index is 561. The molecule has 0 spiro atoms. The molecule has 0 saturated heterocycles. The maximum Gasteiger partial charge on any atom is 0.00782 e. The average Bonchev–Trinajstić information content (AvgIpc) is 3.02. The van der Waals surface area contributed by atoms with Gasteiger partial charge in [0.15, 0.2) is 0 Å². The molecule has 0 aromatic heterocycles. The maximum atomic E-state index is 7.04. The fourth-order valence-electron chi connectivity index (χ4n) is 9.47. The Morgan fingerprint density at radius 2 is 1.59 bits per heavy atom. The van der Waals surface area contributed by atoms with Gasteiger partial charge in [0, 0.05) is 12.1 Å². The first kappa shape index (κ1) is 23.6. The van der Waals surface area contributed by atoms with E-state index in [1.54, 1.807) is 0 Å². The molecule has 4 fully saturated rings. The first-order chi connectivity index (χ1) is 13.7. The molecule has 170 valence electrons. The highest BCUT2D eigenvalue weighted by Gasteiger charge is 2.65. The lowest BCUT2D eigenvalue weighted by atomic mass is 9.39. The lowest BCUT2D eigenvalue weighted by molar-refractivity contribution is -0.164. The fourth-order valence-corrected chi connectivity index (χ4v) is 9.47. The molecule has 0 bridgehead atoms. The number of nitrogens with two attached hydrogens (primary N) is 2. The number of fused-ring (bicyclic) bond motifs is 5. The Hall–Kier alpha value is -0.0800. The molecule has 4 N–H and O–H groups in total. The van der Waals surface area contributed by atoms with E-state index in [1.807, 2.05) is 13.8 Å². The second-order valence-corrected chi connectivity index (χ2v) is 12.1. The van der Waals surface area contributed by atoms with E-state index in [0.29, 0.717) is 28.3 Å². The predicted molar refractivity (Wildman–Crippen MR) is 127 cm³/mol. The van der Waals surface area contributed by atoms with E-state index in [4.69, 9.17) is 11.5 Å². The molecule has 10 unspecified atom stereocenters. The molecule has 4 rings (SSSR count). The zero-order valence-electron chi connectivity index (χ0n) is 20.8. The van der Waals surface area contributed by atoms with Gasteiger partial charge in [-0.1, -0.05) is 61.3 Å². The van der Waals surface area contributed by atoms with E-state index < -0.39 is 0 Å². The molecule has 0 amide bonds. The van der Waals surface area contributed by atoms with Gasteiger partial charge in [0.1, 0.15) is 0 Å². The molecule has 2 nitrogen and oxygen atoms in total. The molecular weight excluding hydrogens is 352 g/mol. The number of hydrogen-bond acceptors (Lipinski definition) is 2. The SMILES string of the molecule is CC.CCCC(C)C1CCC2C3C(N)CC4(C)CC(N)CCC4(C)C3CCC12C. The van der Waals surface area contributed by atoms with Crippen molar-refractivity contribution in [2.24, 2.45) is 57.3 Å². The smallest absolute Gasteiger partial charge is 0.00782 e. The molecule has 4 aliphatic rings. The second-order valence-electron chi connectivity index (χ2n) is 12.1. The summed E-state index contributed by atoms with van der Waals surface area (Å²) < 4.78 is 0. The van der Waals surface area contributed by atoms with E-state index in [2.05, 4.69) is 34.6 Å². The molecule has 4 aliphatic carbocycles. The number of rotatable bonds is 3. The minimum absolute atomic E-state index is 0.354. The summed E-state index contributed by atoms with van der Waals surface area (Å²) in [5, 5.41) is 0. The zero-order valence-corrected chi connectivity index (χ0v) is 20.8. The van der Waals surface area contributed by atoms with Crippen molar-refractivity contribution in [2.45, 2.75) is 125 Å². The topological polar surface area (TPSA) is 52.0 Å². The summed E-state index contributed by atoms with van der Waals surface area (Å²) in [4.78, 5) is 0. The fraction of sp³-hybridized carbons (Fsp3) is 1.00. The highest BCUT2D eigenvalue weighted by Crippen LogP contribution is 2.70. The maximum absolute atomic E-state index is 7.04. The van der Waals surface area contributed by atoms with Crippen molar-refractivity contribution >= 4 is 0 Å². The summed E-state index contributed by atoms with van der Waals surface area (Å²) in [5.74, 6) is 4.27. The van der Waals surface area contributed by atoms with Gasteiger partial charge in [0.25, 0.3) is 0 Å². The molecule has 0 heterocycles. The van der Waals surface area contributed by atoms with Crippen LogP contribution in [0, 0.1) is 45.8 Å². The molecule has 0 aliphatic heterocycles. The van der Waals surface area contributed by atoms with Gasteiger partial charge in [-0.3, -0.25) is 0 Å². The first-order valence-corrected chi connectivity index (χ1v) is 13.2. The van der Waals surface area contributed by atoms with Crippen LogP contribution in [-0.4, -0.2) is 12.1 Å². The normalized spacial score (nSPS) is 52.4.